The molecule has 0 bridgehead atoms. The van der Waals surface area contributed by atoms with Crippen molar-refractivity contribution in [2.75, 3.05) is 7.11 Å². The maximum absolute atomic E-state index is 12.0. The number of carboxylic acid groups (broad SMARTS) is 1. The summed E-state index contributed by atoms with van der Waals surface area (Å²) in [7, 11) is 1.30. The van der Waals surface area contributed by atoms with Gasteiger partial charge in [0.15, 0.2) is 0 Å². The molecule has 1 aromatic heterocycles. The fourth-order valence-corrected chi connectivity index (χ4v) is 2.65. The van der Waals surface area contributed by atoms with Gasteiger partial charge in [0.2, 0.25) is 0 Å². The average molecular weight is 321 g/mol. The van der Waals surface area contributed by atoms with Gasteiger partial charge in [-0.15, -0.1) is 0 Å². The number of esters is 1. The van der Waals surface area contributed by atoms with Gasteiger partial charge >= 0.3 is 11.9 Å². The van der Waals surface area contributed by atoms with Gasteiger partial charge in [-0.1, -0.05) is 30.3 Å². The summed E-state index contributed by atoms with van der Waals surface area (Å²) >= 11 is 0. The van der Waals surface area contributed by atoms with Crippen molar-refractivity contribution < 1.29 is 19.4 Å². The van der Waals surface area contributed by atoms with Crippen molar-refractivity contribution in [1.82, 2.24) is 4.98 Å². The molecule has 0 unspecified atom stereocenters. The van der Waals surface area contributed by atoms with Crippen LogP contribution < -0.4 is 0 Å². The zero-order chi connectivity index (χ0) is 17.3. The van der Waals surface area contributed by atoms with Crippen molar-refractivity contribution in [2.45, 2.75) is 6.92 Å². The van der Waals surface area contributed by atoms with E-state index in [2.05, 4.69) is 4.98 Å². The normalized spacial score (nSPS) is 10.6. The summed E-state index contributed by atoms with van der Waals surface area (Å²) in [5, 5.41) is 10.1. The van der Waals surface area contributed by atoms with Crippen LogP contribution in [0.25, 0.3) is 22.2 Å². The Labute approximate surface area is 138 Å². The van der Waals surface area contributed by atoms with Gasteiger partial charge in [0.05, 0.1) is 29.4 Å². The lowest BCUT2D eigenvalue weighted by molar-refractivity contribution is 0.0600. The second kappa shape index (κ2) is 6.12. The molecule has 5 heteroatoms. The van der Waals surface area contributed by atoms with E-state index in [9.17, 15) is 14.7 Å². The maximum atomic E-state index is 12.0. The number of fused-ring (bicyclic) bond motifs is 1. The van der Waals surface area contributed by atoms with E-state index in [1.807, 2.05) is 19.1 Å². The standard InChI is InChI=1S/C19H15NO4/c1-11-7-8-13-15(18(21)22)10-17(20-16(13)9-11)12-5-3-4-6-14(12)19(23)24-2/h3-10H,1-2H3,(H,21,22). The van der Waals surface area contributed by atoms with E-state index >= 15 is 0 Å². The second-order valence-electron chi connectivity index (χ2n) is 5.42. The van der Waals surface area contributed by atoms with Crippen molar-refractivity contribution >= 4 is 22.8 Å². The van der Waals surface area contributed by atoms with E-state index in [0.29, 0.717) is 27.7 Å². The minimum absolute atomic E-state index is 0.148. The number of methoxy groups -OCH3 is 1. The number of ether oxygens (including phenoxy) is 1. The molecule has 2 aromatic carbocycles. The Balaban J connectivity index is 2.32. The molecule has 0 atom stereocenters. The first-order valence-electron chi connectivity index (χ1n) is 7.33. The topological polar surface area (TPSA) is 76.5 Å². The Bertz CT molecular complexity index is 963. The largest absolute Gasteiger partial charge is 0.478 e. The van der Waals surface area contributed by atoms with E-state index in [1.165, 1.54) is 13.2 Å². The molecule has 120 valence electrons. The van der Waals surface area contributed by atoms with Crippen molar-refractivity contribution in [1.29, 1.82) is 0 Å². The van der Waals surface area contributed by atoms with Crippen LogP contribution in [0.1, 0.15) is 26.3 Å². The molecule has 0 amide bonds. The Morgan fingerprint density at radius 3 is 2.50 bits per heavy atom. The lowest BCUT2D eigenvalue weighted by Gasteiger charge is -2.10. The molecule has 1 N–H and O–H groups in total. The Hall–Kier alpha value is -3.21. The third-order valence-electron chi connectivity index (χ3n) is 3.80. The zero-order valence-electron chi connectivity index (χ0n) is 13.2. The molecule has 3 rings (SSSR count). The number of hydrogen-bond donors (Lipinski definition) is 1. The number of carbonyl (C=O) groups excluding carboxylic acids is 1. The lowest BCUT2D eigenvalue weighted by Crippen LogP contribution is -2.05. The molecule has 0 aliphatic heterocycles. The van der Waals surface area contributed by atoms with Crippen LogP contribution in [0.5, 0.6) is 0 Å². The number of aryl methyl sites for hydroxylation is 1. The fraction of sp³-hybridized carbons (Fsp3) is 0.105. The van der Waals surface area contributed by atoms with Crippen molar-refractivity contribution in [3.63, 3.8) is 0 Å². The molecular formula is C19H15NO4. The molecule has 1 heterocycles. The van der Waals surface area contributed by atoms with Crippen LogP contribution in [0.15, 0.2) is 48.5 Å². The molecule has 5 nitrogen and oxygen atoms in total. The maximum Gasteiger partial charge on any atom is 0.338 e. The summed E-state index contributed by atoms with van der Waals surface area (Å²) in [5.74, 6) is -1.53. The van der Waals surface area contributed by atoms with E-state index in [0.717, 1.165) is 5.56 Å². The average Bonchev–Trinajstić information content (AvgIpc) is 2.59. The first-order chi connectivity index (χ1) is 11.5. The summed E-state index contributed by atoms with van der Waals surface area (Å²) in [6.07, 6.45) is 0. The van der Waals surface area contributed by atoms with Crippen molar-refractivity contribution in [2.24, 2.45) is 0 Å². The van der Waals surface area contributed by atoms with Gasteiger partial charge in [-0.25, -0.2) is 14.6 Å². The summed E-state index contributed by atoms with van der Waals surface area (Å²) in [6, 6.07) is 13.7. The molecule has 0 radical (unpaired) electrons. The number of aromatic carboxylic acids is 1. The molecule has 0 fully saturated rings. The molecule has 0 saturated carbocycles. The summed E-state index contributed by atoms with van der Waals surface area (Å²) in [5.41, 5.74) is 3.00. The van der Waals surface area contributed by atoms with Crippen LogP contribution in [0.4, 0.5) is 0 Å². The van der Waals surface area contributed by atoms with E-state index in [-0.39, 0.29) is 5.56 Å². The smallest absolute Gasteiger partial charge is 0.338 e. The quantitative estimate of drug-likeness (QED) is 0.744. The van der Waals surface area contributed by atoms with Gasteiger partial charge in [0.1, 0.15) is 0 Å². The first kappa shape index (κ1) is 15.7. The highest BCUT2D eigenvalue weighted by molar-refractivity contribution is 6.05. The highest BCUT2D eigenvalue weighted by Crippen LogP contribution is 2.28. The van der Waals surface area contributed by atoms with Gasteiger partial charge in [-0.2, -0.15) is 0 Å². The molecule has 0 aliphatic rings. The monoisotopic (exact) mass is 321 g/mol. The first-order valence-corrected chi connectivity index (χ1v) is 7.33. The molecule has 24 heavy (non-hydrogen) atoms. The second-order valence-corrected chi connectivity index (χ2v) is 5.42. The lowest BCUT2D eigenvalue weighted by atomic mass is 10.00. The van der Waals surface area contributed by atoms with Gasteiger partial charge in [0, 0.05) is 10.9 Å². The van der Waals surface area contributed by atoms with E-state index in [1.54, 1.807) is 30.3 Å². The predicted molar refractivity (Wildman–Crippen MR) is 90.2 cm³/mol. The van der Waals surface area contributed by atoms with Gasteiger partial charge in [0.25, 0.3) is 0 Å². The third-order valence-corrected chi connectivity index (χ3v) is 3.80. The van der Waals surface area contributed by atoms with Crippen LogP contribution in [0, 0.1) is 6.92 Å². The molecule has 0 saturated heterocycles. The van der Waals surface area contributed by atoms with Gasteiger partial charge < -0.3 is 9.84 Å². The van der Waals surface area contributed by atoms with Crippen molar-refractivity contribution in [3.8, 4) is 11.3 Å². The molecule has 0 spiro atoms. The third kappa shape index (κ3) is 2.72. The minimum atomic E-state index is -1.04. The summed E-state index contributed by atoms with van der Waals surface area (Å²) in [4.78, 5) is 28.2. The minimum Gasteiger partial charge on any atom is -0.478 e. The molecule has 0 aliphatic carbocycles. The highest BCUT2D eigenvalue weighted by atomic mass is 16.5. The predicted octanol–water partition coefficient (Wildman–Crippen LogP) is 3.70. The highest BCUT2D eigenvalue weighted by Gasteiger charge is 2.17. The number of nitrogens with zero attached hydrogens (tertiary/aromatic N) is 1. The van der Waals surface area contributed by atoms with Gasteiger partial charge in [-0.3, -0.25) is 0 Å². The van der Waals surface area contributed by atoms with Crippen molar-refractivity contribution in [3.05, 3.63) is 65.2 Å². The van der Waals surface area contributed by atoms with E-state index in [4.69, 9.17) is 4.74 Å². The van der Waals surface area contributed by atoms with Crippen LogP contribution in [-0.2, 0) is 4.74 Å². The fourth-order valence-electron chi connectivity index (χ4n) is 2.65. The molecular weight excluding hydrogens is 306 g/mol. The number of pyridine rings is 1. The Kier molecular flexibility index (Phi) is 4.00. The number of rotatable bonds is 3. The number of carboxylic acids is 1. The van der Waals surface area contributed by atoms with Gasteiger partial charge in [-0.05, 0) is 30.7 Å². The van der Waals surface area contributed by atoms with Crippen LogP contribution in [0.3, 0.4) is 0 Å². The number of benzene rings is 2. The molecule has 3 aromatic rings. The van der Waals surface area contributed by atoms with E-state index < -0.39 is 11.9 Å². The Morgan fingerprint density at radius 2 is 1.79 bits per heavy atom. The SMILES string of the molecule is COC(=O)c1ccccc1-c1cc(C(=O)O)c2ccc(C)cc2n1. The van der Waals surface area contributed by atoms with Crippen LogP contribution >= 0.6 is 0 Å². The number of aromatic nitrogens is 1. The number of carbonyl (C=O) groups is 2. The summed E-state index contributed by atoms with van der Waals surface area (Å²) < 4.78 is 4.80. The summed E-state index contributed by atoms with van der Waals surface area (Å²) in [6.45, 7) is 1.91. The Morgan fingerprint density at radius 1 is 1.04 bits per heavy atom. The number of hydrogen-bond acceptors (Lipinski definition) is 4. The van der Waals surface area contributed by atoms with Crippen LogP contribution in [0.2, 0.25) is 0 Å². The van der Waals surface area contributed by atoms with Crippen LogP contribution in [-0.4, -0.2) is 29.1 Å². The zero-order valence-corrected chi connectivity index (χ0v) is 13.2.